The van der Waals surface area contributed by atoms with Gasteiger partial charge in [-0.3, -0.25) is 9.98 Å². The Kier molecular flexibility index (Phi) is 3.00. The van der Waals surface area contributed by atoms with Crippen molar-refractivity contribution >= 4 is 17.2 Å². The summed E-state index contributed by atoms with van der Waals surface area (Å²) in [6.07, 6.45) is 1.74. The molecular formula is C6H10N4S. The molecule has 0 saturated carbocycles. The number of aromatic nitrogens is 1. The monoisotopic (exact) mass is 170 g/mol. The molecule has 1 heterocycles. The zero-order chi connectivity index (χ0) is 8.10. The van der Waals surface area contributed by atoms with E-state index in [1.165, 1.54) is 11.3 Å². The summed E-state index contributed by atoms with van der Waals surface area (Å²) in [7, 11) is 0. The predicted molar refractivity (Wildman–Crippen MR) is 46.5 cm³/mol. The number of rotatable bonds is 2. The maximum absolute atomic E-state index is 5.25. The molecule has 0 bridgehead atoms. The van der Waals surface area contributed by atoms with E-state index in [4.69, 9.17) is 5.84 Å². The topological polar surface area (TPSA) is 63.3 Å². The number of amidine groups is 1. The maximum atomic E-state index is 5.25. The molecule has 60 valence electrons. The Bertz CT molecular complexity index is 229. The molecule has 0 amide bonds. The quantitative estimate of drug-likeness (QED) is 0.292. The lowest BCUT2D eigenvalue weighted by molar-refractivity contribution is 0.994. The fourth-order valence-electron chi connectivity index (χ4n) is 0.686. The first-order chi connectivity index (χ1) is 5.38. The Morgan fingerprint density at radius 3 is 3.18 bits per heavy atom. The van der Waals surface area contributed by atoms with Crippen LogP contribution < -0.4 is 11.3 Å². The SMILES string of the molecule is CCN=C(NN)c1cncs1. The first-order valence-electron chi connectivity index (χ1n) is 3.28. The van der Waals surface area contributed by atoms with Crippen LogP contribution in [0.3, 0.4) is 0 Å². The fraction of sp³-hybridized carbons (Fsp3) is 0.333. The van der Waals surface area contributed by atoms with E-state index < -0.39 is 0 Å². The van der Waals surface area contributed by atoms with Crippen molar-refractivity contribution in [2.24, 2.45) is 10.8 Å². The van der Waals surface area contributed by atoms with Crippen molar-refractivity contribution in [2.75, 3.05) is 6.54 Å². The minimum absolute atomic E-state index is 0.704. The summed E-state index contributed by atoms with van der Waals surface area (Å²) < 4.78 is 0. The summed E-state index contributed by atoms with van der Waals surface area (Å²) >= 11 is 1.51. The second-order valence-corrected chi connectivity index (χ2v) is 2.72. The summed E-state index contributed by atoms with van der Waals surface area (Å²) in [6.45, 7) is 2.68. The van der Waals surface area contributed by atoms with Crippen molar-refractivity contribution in [1.29, 1.82) is 0 Å². The van der Waals surface area contributed by atoms with Crippen molar-refractivity contribution in [3.63, 3.8) is 0 Å². The zero-order valence-corrected chi connectivity index (χ0v) is 7.06. The van der Waals surface area contributed by atoms with Crippen molar-refractivity contribution in [3.8, 4) is 0 Å². The van der Waals surface area contributed by atoms with Crippen LogP contribution in [0.25, 0.3) is 0 Å². The van der Waals surface area contributed by atoms with E-state index in [9.17, 15) is 0 Å². The van der Waals surface area contributed by atoms with E-state index >= 15 is 0 Å². The number of nitrogens with zero attached hydrogens (tertiary/aromatic N) is 2. The van der Waals surface area contributed by atoms with Gasteiger partial charge in [-0.15, -0.1) is 11.3 Å². The molecule has 1 aromatic rings. The Morgan fingerprint density at radius 1 is 1.91 bits per heavy atom. The van der Waals surface area contributed by atoms with Crippen molar-refractivity contribution in [2.45, 2.75) is 6.92 Å². The van der Waals surface area contributed by atoms with Crippen LogP contribution in [-0.4, -0.2) is 17.4 Å². The Balaban J connectivity index is 2.79. The third-order valence-electron chi connectivity index (χ3n) is 1.12. The molecule has 0 fully saturated rings. The highest BCUT2D eigenvalue weighted by Gasteiger charge is 2.00. The van der Waals surface area contributed by atoms with Crippen molar-refractivity contribution in [3.05, 3.63) is 16.6 Å². The fourth-order valence-corrected chi connectivity index (χ4v) is 1.28. The van der Waals surface area contributed by atoms with Crippen LogP contribution in [0.1, 0.15) is 11.8 Å². The van der Waals surface area contributed by atoms with Gasteiger partial charge in [-0.05, 0) is 6.92 Å². The van der Waals surface area contributed by atoms with Gasteiger partial charge in [-0.25, -0.2) is 5.84 Å². The summed E-state index contributed by atoms with van der Waals surface area (Å²) in [5, 5.41) is 0. The van der Waals surface area contributed by atoms with E-state index in [2.05, 4.69) is 15.4 Å². The first-order valence-corrected chi connectivity index (χ1v) is 4.16. The largest absolute Gasteiger partial charge is 0.308 e. The van der Waals surface area contributed by atoms with Gasteiger partial charge in [0.05, 0.1) is 10.4 Å². The number of hydrogen-bond acceptors (Lipinski definition) is 4. The van der Waals surface area contributed by atoms with Crippen LogP contribution in [0.4, 0.5) is 0 Å². The predicted octanol–water partition coefficient (Wildman–Crippen LogP) is 0.373. The smallest absolute Gasteiger partial charge is 0.154 e. The lowest BCUT2D eigenvalue weighted by atomic mass is 10.5. The van der Waals surface area contributed by atoms with Crippen molar-refractivity contribution in [1.82, 2.24) is 10.4 Å². The van der Waals surface area contributed by atoms with Gasteiger partial charge in [-0.1, -0.05) is 0 Å². The van der Waals surface area contributed by atoms with Gasteiger partial charge in [0, 0.05) is 12.7 Å². The number of hydrogen-bond donors (Lipinski definition) is 2. The van der Waals surface area contributed by atoms with Gasteiger partial charge in [0.2, 0.25) is 0 Å². The molecule has 0 atom stereocenters. The number of nitrogens with one attached hydrogen (secondary N) is 1. The van der Waals surface area contributed by atoms with Gasteiger partial charge < -0.3 is 5.43 Å². The van der Waals surface area contributed by atoms with E-state index in [0.29, 0.717) is 5.84 Å². The molecule has 0 saturated heterocycles. The number of hydrazine groups is 1. The van der Waals surface area contributed by atoms with Gasteiger partial charge in [0.1, 0.15) is 0 Å². The van der Waals surface area contributed by atoms with Crippen LogP contribution in [-0.2, 0) is 0 Å². The highest BCUT2D eigenvalue weighted by atomic mass is 32.1. The van der Waals surface area contributed by atoms with Gasteiger partial charge in [0.25, 0.3) is 0 Å². The normalized spacial score (nSPS) is 11.6. The minimum Gasteiger partial charge on any atom is -0.308 e. The first kappa shape index (κ1) is 8.16. The zero-order valence-electron chi connectivity index (χ0n) is 6.24. The molecule has 11 heavy (non-hydrogen) atoms. The standard InChI is InChI=1S/C6H10N4S/c1-2-9-6(10-7)5-3-8-4-11-5/h3-4H,2,7H2,1H3,(H,9,10). The summed E-state index contributed by atoms with van der Waals surface area (Å²) in [6, 6.07) is 0. The lowest BCUT2D eigenvalue weighted by Gasteiger charge is -1.99. The number of aliphatic imine (C=N–C) groups is 1. The second-order valence-electron chi connectivity index (χ2n) is 1.83. The molecule has 0 aliphatic heterocycles. The Hall–Kier alpha value is -0.940. The van der Waals surface area contributed by atoms with E-state index in [1.807, 2.05) is 6.92 Å². The van der Waals surface area contributed by atoms with E-state index in [1.54, 1.807) is 11.7 Å². The third-order valence-corrected chi connectivity index (χ3v) is 1.90. The number of thiazole rings is 1. The average molecular weight is 170 g/mol. The lowest BCUT2D eigenvalue weighted by Crippen LogP contribution is -2.30. The van der Waals surface area contributed by atoms with E-state index in [-0.39, 0.29) is 0 Å². The molecule has 0 aliphatic carbocycles. The van der Waals surface area contributed by atoms with Crippen LogP contribution in [0, 0.1) is 0 Å². The highest BCUT2D eigenvalue weighted by molar-refractivity contribution is 7.11. The van der Waals surface area contributed by atoms with Crippen molar-refractivity contribution < 1.29 is 0 Å². The molecule has 0 spiro atoms. The Labute approximate surface area is 69.1 Å². The summed E-state index contributed by atoms with van der Waals surface area (Å²) in [5.41, 5.74) is 4.27. The maximum Gasteiger partial charge on any atom is 0.154 e. The van der Waals surface area contributed by atoms with Gasteiger partial charge >= 0.3 is 0 Å². The van der Waals surface area contributed by atoms with E-state index in [0.717, 1.165) is 11.4 Å². The van der Waals surface area contributed by atoms with Crippen LogP contribution in [0.15, 0.2) is 16.7 Å². The molecule has 3 N–H and O–H groups in total. The average Bonchev–Trinajstić information content (AvgIpc) is 2.52. The molecule has 0 unspecified atom stereocenters. The summed E-state index contributed by atoms with van der Waals surface area (Å²) in [4.78, 5) is 9.02. The van der Waals surface area contributed by atoms with Crippen LogP contribution in [0.2, 0.25) is 0 Å². The second kappa shape index (κ2) is 4.05. The van der Waals surface area contributed by atoms with Gasteiger partial charge in [0.15, 0.2) is 5.84 Å². The molecule has 1 aromatic heterocycles. The molecule has 0 aromatic carbocycles. The molecule has 0 radical (unpaired) electrons. The number of nitrogens with two attached hydrogens (primary N) is 1. The minimum atomic E-state index is 0.704. The Morgan fingerprint density at radius 2 is 2.73 bits per heavy atom. The highest BCUT2D eigenvalue weighted by Crippen LogP contribution is 2.04. The molecular weight excluding hydrogens is 160 g/mol. The molecule has 0 aliphatic rings. The van der Waals surface area contributed by atoms with Gasteiger partial charge in [-0.2, -0.15) is 0 Å². The van der Waals surface area contributed by atoms with Crippen LogP contribution >= 0.6 is 11.3 Å². The third kappa shape index (κ3) is 1.99. The molecule has 5 heteroatoms. The molecule has 4 nitrogen and oxygen atoms in total. The van der Waals surface area contributed by atoms with Crippen LogP contribution in [0.5, 0.6) is 0 Å². The molecule has 1 rings (SSSR count). The summed E-state index contributed by atoms with van der Waals surface area (Å²) in [5.74, 6) is 5.95.